The lowest BCUT2D eigenvalue weighted by Crippen LogP contribution is -2.29. The van der Waals surface area contributed by atoms with Crippen LogP contribution < -0.4 is 20.1 Å². The van der Waals surface area contributed by atoms with Gasteiger partial charge in [0.1, 0.15) is 0 Å². The molecule has 0 saturated carbocycles. The molecule has 162 valence electrons. The summed E-state index contributed by atoms with van der Waals surface area (Å²) in [6, 6.07) is 13.5. The number of anilines is 1. The van der Waals surface area contributed by atoms with Crippen LogP contribution in [0, 0.1) is 6.92 Å². The molecule has 0 atom stereocenters. The minimum Gasteiger partial charge on any atom is -0.493 e. The van der Waals surface area contributed by atoms with Crippen LogP contribution in [0.5, 0.6) is 11.5 Å². The molecule has 31 heavy (non-hydrogen) atoms. The van der Waals surface area contributed by atoms with Gasteiger partial charge in [-0.1, -0.05) is 12.1 Å². The molecule has 0 spiro atoms. The highest BCUT2D eigenvalue weighted by molar-refractivity contribution is 6.05. The molecule has 1 saturated heterocycles. The fraction of sp³-hybridized carbons (Fsp3) is 0.333. The van der Waals surface area contributed by atoms with Crippen LogP contribution in [0.3, 0.4) is 0 Å². The van der Waals surface area contributed by atoms with Gasteiger partial charge in [0, 0.05) is 17.7 Å². The van der Waals surface area contributed by atoms with Crippen LogP contribution in [0.25, 0.3) is 5.69 Å². The third-order valence-corrected chi connectivity index (χ3v) is 5.66. The van der Waals surface area contributed by atoms with Gasteiger partial charge in [-0.3, -0.25) is 4.79 Å². The first kappa shape index (κ1) is 20.9. The Morgan fingerprint density at radius 3 is 2.58 bits per heavy atom. The number of aromatic nitrogens is 2. The maximum Gasteiger partial charge on any atom is 0.259 e. The number of rotatable bonds is 6. The van der Waals surface area contributed by atoms with E-state index in [1.165, 1.54) is 0 Å². The third kappa shape index (κ3) is 4.41. The van der Waals surface area contributed by atoms with Gasteiger partial charge in [0.05, 0.1) is 37.4 Å². The van der Waals surface area contributed by atoms with E-state index in [9.17, 15) is 4.79 Å². The Morgan fingerprint density at radius 2 is 1.87 bits per heavy atom. The molecule has 2 heterocycles. The van der Waals surface area contributed by atoms with Crippen molar-refractivity contribution in [2.45, 2.75) is 25.7 Å². The monoisotopic (exact) mass is 420 g/mol. The van der Waals surface area contributed by atoms with Gasteiger partial charge in [0.2, 0.25) is 0 Å². The van der Waals surface area contributed by atoms with E-state index < -0.39 is 0 Å². The molecule has 4 rings (SSSR count). The van der Waals surface area contributed by atoms with E-state index in [1.807, 2.05) is 16.8 Å². The summed E-state index contributed by atoms with van der Waals surface area (Å²) in [7, 11) is 3.16. The Labute approximate surface area is 182 Å². The van der Waals surface area contributed by atoms with E-state index in [1.54, 1.807) is 38.6 Å². The normalized spacial score (nSPS) is 14.3. The highest BCUT2D eigenvalue weighted by Crippen LogP contribution is 2.32. The van der Waals surface area contributed by atoms with Gasteiger partial charge in [0.25, 0.3) is 5.91 Å². The first-order valence-electron chi connectivity index (χ1n) is 10.5. The molecular weight excluding hydrogens is 392 g/mol. The average molecular weight is 421 g/mol. The largest absolute Gasteiger partial charge is 0.493 e. The Hall–Kier alpha value is -3.32. The molecule has 0 unspecified atom stereocenters. The first-order valence-corrected chi connectivity index (χ1v) is 10.5. The smallest absolute Gasteiger partial charge is 0.259 e. The number of nitrogens with one attached hydrogen (secondary N) is 2. The quantitative estimate of drug-likeness (QED) is 0.632. The number of amides is 1. The van der Waals surface area contributed by atoms with Crippen LogP contribution >= 0.6 is 0 Å². The van der Waals surface area contributed by atoms with Crippen molar-refractivity contribution in [3.8, 4) is 17.2 Å². The van der Waals surface area contributed by atoms with Crippen LogP contribution in [-0.2, 0) is 0 Å². The van der Waals surface area contributed by atoms with Gasteiger partial charge in [-0.2, -0.15) is 5.10 Å². The number of ether oxygens (including phenoxy) is 2. The Bertz CT molecular complexity index is 1070. The molecule has 3 aromatic rings. The molecule has 0 radical (unpaired) electrons. The molecule has 2 aromatic carbocycles. The maximum absolute atomic E-state index is 13.3. The van der Waals surface area contributed by atoms with Crippen LogP contribution in [0.15, 0.2) is 48.7 Å². The number of hydrogen-bond donors (Lipinski definition) is 2. The van der Waals surface area contributed by atoms with Crippen molar-refractivity contribution in [3.05, 3.63) is 65.5 Å². The van der Waals surface area contributed by atoms with Crippen molar-refractivity contribution in [2.24, 2.45) is 0 Å². The van der Waals surface area contributed by atoms with Crippen LogP contribution in [0.4, 0.5) is 5.69 Å². The number of benzene rings is 2. The number of methoxy groups -OCH3 is 2. The van der Waals surface area contributed by atoms with E-state index in [-0.39, 0.29) is 11.8 Å². The predicted molar refractivity (Wildman–Crippen MR) is 121 cm³/mol. The topological polar surface area (TPSA) is 77.4 Å². The van der Waals surface area contributed by atoms with Crippen molar-refractivity contribution in [2.75, 3.05) is 32.6 Å². The molecular formula is C24H28N4O3. The zero-order chi connectivity index (χ0) is 21.8. The summed E-state index contributed by atoms with van der Waals surface area (Å²) in [6.45, 7) is 3.92. The van der Waals surface area contributed by atoms with Gasteiger partial charge in [-0.25, -0.2) is 4.68 Å². The summed E-state index contributed by atoms with van der Waals surface area (Å²) >= 11 is 0. The van der Waals surface area contributed by atoms with Crippen LogP contribution in [-0.4, -0.2) is 43.0 Å². The molecule has 2 N–H and O–H groups in total. The van der Waals surface area contributed by atoms with Gasteiger partial charge in [-0.05, 0) is 62.7 Å². The van der Waals surface area contributed by atoms with E-state index in [4.69, 9.17) is 9.47 Å². The highest BCUT2D eigenvalue weighted by atomic mass is 16.5. The van der Waals surface area contributed by atoms with Crippen molar-refractivity contribution < 1.29 is 14.3 Å². The summed E-state index contributed by atoms with van der Waals surface area (Å²) in [6.07, 6.45) is 3.61. The molecule has 1 amide bonds. The SMILES string of the molecule is COc1ccc(NC(=O)c2cnn(-c3cccc(C)c3)c2C2CCNCC2)cc1OC. The number of carbonyl (C=O) groups excluding carboxylic acids is 1. The number of piperidine rings is 1. The molecule has 1 aliphatic heterocycles. The lowest BCUT2D eigenvalue weighted by atomic mass is 9.91. The minimum atomic E-state index is -0.181. The number of hydrogen-bond acceptors (Lipinski definition) is 5. The summed E-state index contributed by atoms with van der Waals surface area (Å²) in [5.41, 5.74) is 4.33. The number of carbonyl (C=O) groups is 1. The van der Waals surface area contributed by atoms with E-state index >= 15 is 0 Å². The Morgan fingerprint density at radius 1 is 1.10 bits per heavy atom. The second kappa shape index (κ2) is 9.22. The molecule has 7 nitrogen and oxygen atoms in total. The Kier molecular flexibility index (Phi) is 6.23. The second-order valence-corrected chi connectivity index (χ2v) is 7.74. The number of aryl methyl sites for hydroxylation is 1. The van der Waals surface area contributed by atoms with Crippen LogP contribution in [0.2, 0.25) is 0 Å². The zero-order valence-electron chi connectivity index (χ0n) is 18.1. The molecule has 0 aliphatic carbocycles. The van der Waals surface area contributed by atoms with Crippen molar-refractivity contribution >= 4 is 11.6 Å². The van der Waals surface area contributed by atoms with Gasteiger partial charge in [-0.15, -0.1) is 0 Å². The van der Waals surface area contributed by atoms with Crippen molar-refractivity contribution in [1.82, 2.24) is 15.1 Å². The summed E-state index contributed by atoms with van der Waals surface area (Å²) in [5.74, 6) is 1.26. The zero-order valence-corrected chi connectivity index (χ0v) is 18.1. The van der Waals surface area contributed by atoms with Gasteiger partial charge < -0.3 is 20.1 Å². The third-order valence-electron chi connectivity index (χ3n) is 5.66. The van der Waals surface area contributed by atoms with Gasteiger partial charge >= 0.3 is 0 Å². The summed E-state index contributed by atoms with van der Waals surface area (Å²) in [4.78, 5) is 13.3. The first-order chi connectivity index (χ1) is 15.1. The molecule has 0 bridgehead atoms. The average Bonchev–Trinajstić information content (AvgIpc) is 3.25. The summed E-state index contributed by atoms with van der Waals surface area (Å²) in [5, 5.41) is 11.0. The van der Waals surface area contributed by atoms with E-state index in [2.05, 4.69) is 34.8 Å². The van der Waals surface area contributed by atoms with E-state index in [0.29, 0.717) is 22.7 Å². The van der Waals surface area contributed by atoms with Gasteiger partial charge in [0.15, 0.2) is 11.5 Å². The predicted octanol–water partition coefficient (Wildman–Crippen LogP) is 3.92. The molecule has 1 aromatic heterocycles. The lowest BCUT2D eigenvalue weighted by molar-refractivity contribution is 0.102. The Balaban J connectivity index is 1.69. The standard InChI is InChI=1S/C24H28N4O3/c1-16-5-4-6-19(13-16)28-23(17-9-11-25-12-10-17)20(15-26-28)24(29)27-18-7-8-21(30-2)22(14-18)31-3/h4-8,13-15,17,25H,9-12H2,1-3H3,(H,27,29). The highest BCUT2D eigenvalue weighted by Gasteiger charge is 2.27. The maximum atomic E-state index is 13.3. The fourth-order valence-corrected chi connectivity index (χ4v) is 4.10. The second-order valence-electron chi connectivity index (χ2n) is 7.74. The molecule has 7 heteroatoms. The van der Waals surface area contributed by atoms with Crippen LogP contribution in [0.1, 0.15) is 40.4 Å². The van der Waals surface area contributed by atoms with E-state index in [0.717, 1.165) is 42.9 Å². The summed E-state index contributed by atoms with van der Waals surface area (Å²) < 4.78 is 12.6. The minimum absolute atomic E-state index is 0.181. The molecule has 1 aliphatic rings. The van der Waals surface area contributed by atoms with Crippen molar-refractivity contribution in [1.29, 1.82) is 0 Å². The fourth-order valence-electron chi connectivity index (χ4n) is 4.10. The lowest BCUT2D eigenvalue weighted by Gasteiger charge is -2.25. The van der Waals surface area contributed by atoms with Crippen molar-refractivity contribution in [3.63, 3.8) is 0 Å². The number of nitrogens with zero attached hydrogens (tertiary/aromatic N) is 2. The molecule has 1 fully saturated rings.